The number of hydrogen-bond donors (Lipinski definition) is 0. The van der Waals surface area contributed by atoms with Crippen LogP contribution in [0.1, 0.15) is 22.1 Å². The Morgan fingerprint density at radius 3 is 2.79 bits per heavy atom. The Bertz CT molecular complexity index is 572. The van der Waals surface area contributed by atoms with Crippen LogP contribution in [0, 0.1) is 6.92 Å². The van der Waals surface area contributed by atoms with Gasteiger partial charge >= 0.3 is 0 Å². The number of nitrogens with zero attached hydrogens (tertiary/aromatic N) is 1. The lowest BCUT2D eigenvalue weighted by atomic mass is 10.0. The van der Waals surface area contributed by atoms with E-state index in [1.54, 1.807) is 19.5 Å². The minimum atomic E-state index is -0.144. The number of ether oxygens (including phenoxy) is 1. The maximum absolute atomic E-state index is 6.46. The van der Waals surface area contributed by atoms with Crippen molar-refractivity contribution in [2.45, 2.75) is 18.7 Å². The molecule has 0 aliphatic rings. The Balaban J connectivity index is 2.20. The van der Waals surface area contributed by atoms with Crippen molar-refractivity contribution < 1.29 is 4.74 Å². The summed E-state index contributed by atoms with van der Waals surface area (Å²) in [5.41, 5.74) is 3.12. The van der Waals surface area contributed by atoms with E-state index < -0.39 is 0 Å². The zero-order valence-electron chi connectivity index (χ0n) is 10.9. The third kappa shape index (κ3) is 3.40. The smallest absolute Gasteiger partial charge is 0.122 e. The average molecular weight is 296 g/mol. The first-order chi connectivity index (χ1) is 9.11. The van der Waals surface area contributed by atoms with Crippen LogP contribution in [0.15, 0.2) is 36.7 Å². The second kappa shape index (κ2) is 6.27. The fourth-order valence-corrected chi connectivity index (χ4v) is 2.41. The summed E-state index contributed by atoms with van der Waals surface area (Å²) in [7, 11) is 1.66. The highest BCUT2D eigenvalue weighted by molar-refractivity contribution is 6.31. The van der Waals surface area contributed by atoms with Gasteiger partial charge in [0.25, 0.3) is 0 Å². The van der Waals surface area contributed by atoms with E-state index in [2.05, 4.69) is 4.98 Å². The molecule has 1 unspecified atom stereocenters. The molecule has 1 heterocycles. The van der Waals surface area contributed by atoms with Gasteiger partial charge in [-0.25, -0.2) is 0 Å². The third-order valence-corrected chi connectivity index (χ3v) is 3.80. The van der Waals surface area contributed by atoms with Gasteiger partial charge in [0.15, 0.2) is 0 Å². The molecule has 100 valence electrons. The second-order valence-corrected chi connectivity index (χ2v) is 5.30. The summed E-state index contributed by atoms with van der Waals surface area (Å²) < 4.78 is 5.32. The van der Waals surface area contributed by atoms with Crippen LogP contribution in [-0.2, 0) is 6.42 Å². The molecule has 1 atom stereocenters. The van der Waals surface area contributed by atoms with Crippen LogP contribution in [0.25, 0.3) is 0 Å². The Kier molecular flexibility index (Phi) is 4.67. The van der Waals surface area contributed by atoms with E-state index in [-0.39, 0.29) is 5.38 Å². The Labute approximate surface area is 123 Å². The molecule has 0 saturated heterocycles. The fourth-order valence-electron chi connectivity index (χ4n) is 1.91. The molecule has 0 spiro atoms. The highest BCUT2D eigenvalue weighted by Crippen LogP contribution is 2.31. The van der Waals surface area contributed by atoms with Gasteiger partial charge < -0.3 is 4.74 Å². The second-order valence-electron chi connectivity index (χ2n) is 4.37. The van der Waals surface area contributed by atoms with Crippen molar-refractivity contribution in [2.75, 3.05) is 7.11 Å². The van der Waals surface area contributed by atoms with Gasteiger partial charge in [-0.15, -0.1) is 11.6 Å². The lowest BCUT2D eigenvalue weighted by Gasteiger charge is -2.13. The molecule has 0 saturated carbocycles. The molecule has 0 N–H and O–H groups in total. The van der Waals surface area contributed by atoms with E-state index in [0.29, 0.717) is 11.4 Å². The Morgan fingerprint density at radius 1 is 1.32 bits per heavy atom. The van der Waals surface area contributed by atoms with Crippen LogP contribution in [0.3, 0.4) is 0 Å². The molecule has 19 heavy (non-hydrogen) atoms. The quantitative estimate of drug-likeness (QED) is 0.771. The van der Waals surface area contributed by atoms with E-state index >= 15 is 0 Å². The lowest BCUT2D eigenvalue weighted by Crippen LogP contribution is -1.98. The molecule has 2 aromatic rings. The number of methoxy groups -OCH3 is 1. The van der Waals surface area contributed by atoms with E-state index in [1.165, 1.54) is 0 Å². The van der Waals surface area contributed by atoms with Gasteiger partial charge in [-0.1, -0.05) is 23.7 Å². The molecule has 1 aromatic heterocycles. The summed E-state index contributed by atoms with van der Waals surface area (Å²) >= 11 is 12.6. The Hall–Kier alpha value is -1.25. The zero-order chi connectivity index (χ0) is 13.8. The van der Waals surface area contributed by atoms with Crippen molar-refractivity contribution >= 4 is 23.2 Å². The molecule has 0 radical (unpaired) electrons. The van der Waals surface area contributed by atoms with Crippen molar-refractivity contribution in [2.24, 2.45) is 0 Å². The summed E-state index contributed by atoms with van der Waals surface area (Å²) in [4.78, 5) is 3.97. The number of hydrogen-bond acceptors (Lipinski definition) is 2. The molecule has 0 aliphatic heterocycles. The topological polar surface area (TPSA) is 22.1 Å². The molecule has 2 rings (SSSR count). The first-order valence-corrected chi connectivity index (χ1v) is 6.80. The SMILES string of the molecule is COc1cc(C(Cl)Cc2ccncc2Cl)ccc1C. The minimum Gasteiger partial charge on any atom is -0.496 e. The molecule has 0 aliphatic carbocycles. The van der Waals surface area contributed by atoms with E-state index in [0.717, 1.165) is 22.4 Å². The highest BCUT2D eigenvalue weighted by atomic mass is 35.5. The molecular weight excluding hydrogens is 281 g/mol. The first-order valence-electron chi connectivity index (χ1n) is 5.99. The molecule has 0 bridgehead atoms. The average Bonchev–Trinajstić information content (AvgIpc) is 2.42. The van der Waals surface area contributed by atoms with Gasteiger partial charge in [-0.3, -0.25) is 4.98 Å². The summed E-state index contributed by atoms with van der Waals surface area (Å²) in [5.74, 6) is 0.851. The molecule has 4 heteroatoms. The molecule has 0 amide bonds. The van der Waals surface area contributed by atoms with Crippen molar-refractivity contribution in [3.05, 3.63) is 58.4 Å². The van der Waals surface area contributed by atoms with Crippen molar-refractivity contribution in [1.29, 1.82) is 0 Å². The maximum atomic E-state index is 6.46. The number of aromatic nitrogens is 1. The standard InChI is InChI=1S/C15H15Cl2NO/c1-10-3-4-11(8-15(10)19-2)13(16)7-12-5-6-18-9-14(12)17/h3-6,8-9,13H,7H2,1-2H3. The van der Waals surface area contributed by atoms with E-state index in [4.69, 9.17) is 27.9 Å². The number of benzene rings is 1. The Morgan fingerprint density at radius 2 is 2.11 bits per heavy atom. The van der Waals surface area contributed by atoms with Gasteiger partial charge in [-0.05, 0) is 42.2 Å². The number of pyridine rings is 1. The maximum Gasteiger partial charge on any atom is 0.122 e. The van der Waals surface area contributed by atoms with Crippen molar-refractivity contribution in [1.82, 2.24) is 4.98 Å². The zero-order valence-corrected chi connectivity index (χ0v) is 12.4. The van der Waals surface area contributed by atoms with Crippen LogP contribution in [0.2, 0.25) is 5.02 Å². The molecule has 2 nitrogen and oxygen atoms in total. The number of alkyl halides is 1. The van der Waals surface area contributed by atoms with E-state index in [9.17, 15) is 0 Å². The molecule has 1 aromatic carbocycles. The fraction of sp³-hybridized carbons (Fsp3) is 0.267. The summed E-state index contributed by atoms with van der Waals surface area (Å²) in [6.07, 6.45) is 4.02. The summed E-state index contributed by atoms with van der Waals surface area (Å²) in [5, 5.41) is 0.502. The molecule has 0 fully saturated rings. The highest BCUT2D eigenvalue weighted by Gasteiger charge is 2.12. The van der Waals surface area contributed by atoms with Crippen molar-refractivity contribution in [3.63, 3.8) is 0 Å². The molecular formula is C15H15Cl2NO. The normalized spacial score (nSPS) is 12.2. The van der Waals surface area contributed by atoms with Crippen LogP contribution in [-0.4, -0.2) is 12.1 Å². The predicted octanol–water partition coefficient (Wildman–Crippen LogP) is 4.57. The van der Waals surface area contributed by atoms with Crippen LogP contribution in [0.4, 0.5) is 0 Å². The van der Waals surface area contributed by atoms with Crippen molar-refractivity contribution in [3.8, 4) is 5.75 Å². The number of halogens is 2. The van der Waals surface area contributed by atoms with Gasteiger partial charge in [0.05, 0.1) is 17.5 Å². The third-order valence-electron chi connectivity index (χ3n) is 3.05. The number of aryl methyl sites for hydroxylation is 1. The van der Waals surface area contributed by atoms with E-state index in [1.807, 2.05) is 31.2 Å². The monoisotopic (exact) mass is 295 g/mol. The predicted molar refractivity (Wildman–Crippen MR) is 79.3 cm³/mol. The van der Waals surface area contributed by atoms with Crippen LogP contribution in [0.5, 0.6) is 5.75 Å². The minimum absolute atomic E-state index is 0.144. The van der Waals surface area contributed by atoms with Gasteiger partial charge in [0, 0.05) is 12.4 Å². The van der Waals surface area contributed by atoms with Gasteiger partial charge in [0.2, 0.25) is 0 Å². The largest absolute Gasteiger partial charge is 0.496 e. The summed E-state index contributed by atoms with van der Waals surface area (Å²) in [6.45, 7) is 2.01. The summed E-state index contributed by atoms with van der Waals surface area (Å²) in [6, 6.07) is 7.90. The van der Waals surface area contributed by atoms with Crippen LogP contribution < -0.4 is 4.74 Å². The van der Waals surface area contributed by atoms with Gasteiger partial charge in [-0.2, -0.15) is 0 Å². The van der Waals surface area contributed by atoms with Gasteiger partial charge in [0.1, 0.15) is 5.75 Å². The first kappa shape index (κ1) is 14.2. The number of rotatable bonds is 4. The van der Waals surface area contributed by atoms with Crippen LogP contribution >= 0.6 is 23.2 Å². The lowest BCUT2D eigenvalue weighted by molar-refractivity contribution is 0.411.